The van der Waals surface area contributed by atoms with Crippen LogP contribution in [0.15, 0.2) is 42.5 Å². The van der Waals surface area contributed by atoms with Crippen LogP contribution in [0.2, 0.25) is 0 Å². The van der Waals surface area contributed by atoms with E-state index in [-0.39, 0.29) is 5.60 Å². The molecule has 1 heterocycles. The van der Waals surface area contributed by atoms with Gasteiger partial charge in [0.1, 0.15) is 0 Å². The van der Waals surface area contributed by atoms with E-state index in [2.05, 4.69) is 38.1 Å². The Bertz CT molecular complexity index is 616. The van der Waals surface area contributed by atoms with E-state index in [0.29, 0.717) is 19.4 Å². The lowest BCUT2D eigenvalue weighted by molar-refractivity contribution is -0.157. The highest BCUT2D eigenvalue weighted by Gasteiger charge is 2.42. The first-order valence-corrected chi connectivity index (χ1v) is 7.41. The van der Waals surface area contributed by atoms with Crippen LogP contribution in [0.4, 0.5) is 0 Å². The van der Waals surface area contributed by atoms with Crippen molar-refractivity contribution in [3.8, 4) is 0 Å². The molecule has 0 aliphatic carbocycles. The number of hydrogen-bond acceptors (Lipinski definition) is 2. The van der Waals surface area contributed by atoms with Crippen molar-refractivity contribution in [2.24, 2.45) is 0 Å². The molecule has 1 saturated heterocycles. The van der Waals surface area contributed by atoms with Gasteiger partial charge in [0.2, 0.25) is 0 Å². The summed E-state index contributed by atoms with van der Waals surface area (Å²) >= 11 is 0. The van der Waals surface area contributed by atoms with Gasteiger partial charge in [0.05, 0.1) is 17.8 Å². The highest BCUT2D eigenvalue weighted by molar-refractivity contribution is 5.86. The summed E-state index contributed by atoms with van der Waals surface area (Å²) in [7, 11) is 0. The molecule has 2 unspecified atom stereocenters. The first-order valence-electron chi connectivity index (χ1n) is 7.41. The second-order valence-electron chi connectivity index (χ2n) is 6.14. The third-order valence-corrected chi connectivity index (χ3v) is 4.67. The van der Waals surface area contributed by atoms with Gasteiger partial charge < -0.3 is 9.84 Å². The van der Waals surface area contributed by atoms with E-state index in [0.717, 1.165) is 17.4 Å². The fraction of sp³-hybridized carbons (Fsp3) is 0.444. The maximum absolute atomic E-state index is 11.2. The molecule has 0 spiro atoms. The van der Waals surface area contributed by atoms with E-state index in [1.54, 1.807) is 0 Å². The van der Waals surface area contributed by atoms with Gasteiger partial charge in [-0.05, 0) is 29.7 Å². The molecular weight excluding hydrogens is 248 g/mol. The first kappa shape index (κ1) is 13.6. The molecule has 20 heavy (non-hydrogen) atoms. The van der Waals surface area contributed by atoms with Crippen LogP contribution in [0.3, 0.4) is 0 Å². The molecule has 0 aromatic heterocycles. The number of ether oxygens (including phenoxy) is 1. The van der Waals surface area contributed by atoms with Gasteiger partial charge in [-0.3, -0.25) is 0 Å². The zero-order valence-electron chi connectivity index (χ0n) is 12.2. The van der Waals surface area contributed by atoms with Crippen molar-refractivity contribution in [1.82, 2.24) is 0 Å². The molecule has 1 aliphatic heterocycles. The smallest absolute Gasteiger partial charge is 0.0951 e. The third-order valence-electron chi connectivity index (χ3n) is 4.67. The van der Waals surface area contributed by atoms with Crippen LogP contribution in [0.1, 0.15) is 38.7 Å². The van der Waals surface area contributed by atoms with Crippen LogP contribution < -0.4 is 0 Å². The highest BCUT2D eigenvalue weighted by Crippen LogP contribution is 2.43. The Morgan fingerprint density at radius 1 is 1.15 bits per heavy atom. The average molecular weight is 270 g/mol. The normalized spacial score (nSPS) is 30.6. The minimum atomic E-state index is -0.788. The standard InChI is InChI=1S/C18H22O2/c1-3-17(2)13-18(19,11-12-20-17)16-10-6-8-14-7-4-5-9-15(14)16/h4-10,19H,3,11-13H2,1-2H3. The third kappa shape index (κ3) is 2.23. The van der Waals surface area contributed by atoms with E-state index in [4.69, 9.17) is 4.74 Å². The molecule has 0 radical (unpaired) electrons. The molecular formula is C18H22O2. The summed E-state index contributed by atoms with van der Waals surface area (Å²) in [5.74, 6) is 0. The Morgan fingerprint density at radius 3 is 2.70 bits per heavy atom. The molecule has 1 N–H and O–H groups in total. The van der Waals surface area contributed by atoms with Gasteiger partial charge in [0.15, 0.2) is 0 Å². The number of aliphatic hydroxyl groups is 1. The minimum absolute atomic E-state index is 0.232. The molecule has 0 bridgehead atoms. The molecule has 3 rings (SSSR count). The summed E-state index contributed by atoms with van der Waals surface area (Å²) in [5, 5.41) is 13.6. The summed E-state index contributed by atoms with van der Waals surface area (Å²) in [6.45, 7) is 4.83. The van der Waals surface area contributed by atoms with Crippen molar-refractivity contribution in [2.75, 3.05) is 6.61 Å². The minimum Gasteiger partial charge on any atom is -0.385 e. The maximum atomic E-state index is 11.2. The lowest BCUT2D eigenvalue weighted by Gasteiger charge is -2.43. The van der Waals surface area contributed by atoms with E-state index >= 15 is 0 Å². The van der Waals surface area contributed by atoms with E-state index in [1.807, 2.05) is 18.2 Å². The fourth-order valence-electron chi connectivity index (χ4n) is 3.31. The lowest BCUT2D eigenvalue weighted by Crippen LogP contribution is -2.45. The van der Waals surface area contributed by atoms with Crippen LogP contribution >= 0.6 is 0 Å². The molecule has 0 saturated carbocycles. The SMILES string of the molecule is CCC1(C)CC(O)(c2cccc3ccccc23)CCO1. The van der Waals surface area contributed by atoms with Gasteiger partial charge in [-0.2, -0.15) is 0 Å². The Labute approximate surface area is 120 Å². The van der Waals surface area contributed by atoms with Crippen molar-refractivity contribution < 1.29 is 9.84 Å². The second-order valence-corrected chi connectivity index (χ2v) is 6.14. The number of rotatable bonds is 2. The van der Waals surface area contributed by atoms with Crippen LogP contribution in [0.5, 0.6) is 0 Å². The fourth-order valence-corrected chi connectivity index (χ4v) is 3.31. The molecule has 0 amide bonds. The Kier molecular flexibility index (Phi) is 3.31. The maximum Gasteiger partial charge on any atom is 0.0951 e. The van der Waals surface area contributed by atoms with Gasteiger partial charge in [-0.15, -0.1) is 0 Å². The Morgan fingerprint density at radius 2 is 1.90 bits per heavy atom. The quantitative estimate of drug-likeness (QED) is 0.893. The summed E-state index contributed by atoms with van der Waals surface area (Å²) in [5.41, 5.74) is 0.0203. The molecule has 2 atom stereocenters. The topological polar surface area (TPSA) is 29.5 Å². The Balaban J connectivity index is 2.09. The second kappa shape index (κ2) is 4.87. The van der Waals surface area contributed by atoms with E-state index in [9.17, 15) is 5.11 Å². The zero-order chi connectivity index (χ0) is 14.2. The molecule has 1 fully saturated rings. The predicted molar refractivity (Wildman–Crippen MR) is 81.7 cm³/mol. The van der Waals surface area contributed by atoms with Gasteiger partial charge >= 0.3 is 0 Å². The number of benzene rings is 2. The average Bonchev–Trinajstić information content (AvgIpc) is 2.46. The van der Waals surface area contributed by atoms with Gasteiger partial charge in [0.25, 0.3) is 0 Å². The molecule has 2 nitrogen and oxygen atoms in total. The van der Waals surface area contributed by atoms with Crippen molar-refractivity contribution in [3.05, 3.63) is 48.0 Å². The lowest BCUT2D eigenvalue weighted by atomic mass is 9.76. The van der Waals surface area contributed by atoms with Gasteiger partial charge in [-0.25, -0.2) is 0 Å². The summed E-state index contributed by atoms with van der Waals surface area (Å²) in [6, 6.07) is 14.5. The van der Waals surface area contributed by atoms with Crippen LogP contribution in [0.25, 0.3) is 10.8 Å². The predicted octanol–water partition coefficient (Wildman–Crippen LogP) is 4.01. The highest BCUT2D eigenvalue weighted by atomic mass is 16.5. The van der Waals surface area contributed by atoms with E-state index < -0.39 is 5.60 Å². The molecule has 106 valence electrons. The zero-order valence-corrected chi connectivity index (χ0v) is 12.2. The van der Waals surface area contributed by atoms with Crippen LogP contribution in [-0.2, 0) is 10.3 Å². The van der Waals surface area contributed by atoms with Gasteiger partial charge in [0, 0.05) is 12.8 Å². The largest absolute Gasteiger partial charge is 0.385 e. The molecule has 1 aliphatic rings. The van der Waals surface area contributed by atoms with Crippen molar-refractivity contribution in [3.63, 3.8) is 0 Å². The van der Waals surface area contributed by atoms with Gasteiger partial charge in [-0.1, -0.05) is 49.4 Å². The van der Waals surface area contributed by atoms with E-state index in [1.165, 1.54) is 5.39 Å². The first-order chi connectivity index (χ1) is 9.56. The van der Waals surface area contributed by atoms with Crippen molar-refractivity contribution >= 4 is 10.8 Å². The number of fused-ring (bicyclic) bond motifs is 1. The summed E-state index contributed by atoms with van der Waals surface area (Å²) < 4.78 is 5.88. The Hall–Kier alpha value is -1.38. The molecule has 2 aromatic carbocycles. The van der Waals surface area contributed by atoms with Crippen molar-refractivity contribution in [1.29, 1.82) is 0 Å². The van der Waals surface area contributed by atoms with Crippen molar-refractivity contribution in [2.45, 2.75) is 44.3 Å². The summed E-state index contributed by atoms with van der Waals surface area (Å²) in [4.78, 5) is 0. The molecule has 2 aromatic rings. The summed E-state index contributed by atoms with van der Waals surface area (Å²) in [6.07, 6.45) is 2.24. The molecule has 2 heteroatoms. The van der Waals surface area contributed by atoms with Crippen LogP contribution in [0, 0.1) is 0 Å². The van der Waals surface area contributed by atoms with Crippen LogP contribution in [-0.4, -0.2) is 17.3 Å². The number of hydrogen-bond donors (Lipinski definition) is 1. The monoisotopic (exact) mass is 270 g/mol.